The zero-order valence-electron chi connectivity index (χ0n) is 39.5. The summed E-state index contributed by atoms with van der Waals surface area (Å²) in [5, 5.41) is 20.5. The molecule has 0 aliphatic heterocycles. The molecule has 5 aromatic carbocycles. The number of aromatic nitrogens is 6. The highest BCUT2D eigenvalue weighted by atomic mass is 35.5. The first-order valence-corrected chi connectivity index (χ1v) is 30.6. The maximum absolute atomic E-state index is 14.3. The molecule has 0 spiro atoms. The minimum atomic E-state index is -5.56. The fourth-order valence-corrected chi connectivity index (χ4v) is 11.0. The number of rotatable bonds is 18. The number of fused-ring (bicyclic) bond motifs is 1. The number of nitrogens with zero attached hydrogens (tertiary/aromatic N) is 9. The van der Waals surface area contributed by atoms with Gasteiger partial charge in [-0.2, -0.15) is 85.5 Å². The van der Waals surface area contributed by atoms with Crippen molar-refractivity contribution in [2.45, 2.75) is 24.5 Å². The molecular weight excluding hydrogens is 1260 g/mol. The number of azo groups is 1. The van der Waals surface area contributed by atoms with Crippen LogP contribution in [-0.4, -0.2) is 119 Å². The van der Waals surface area contributed by atoms with Gasteiger partial charge < -0.3 is 27.0 Å². The Bertz CT molecular complexity index is 4700. The van der Waals surface area contributed by atoms with Gasteiger partial charge in [-0.25, -0.2) is 0 Å². The number of allylic oxidation sites excluding steroid dienone is 1. The Kier molecular flexibility index (Phi) is 16.2. The summed E-state index contributed by atoms with van der Waals surface area (Å²) in [6.07, 6.45) is 0.464. The van der Waals surface area contributed by atoms with Crippen molar-refractivity contribution >= 4 is 171 Å². The van der Waals surface area contributed by atoms with Crippen LogP contribution in [0.25, 0.3) is 6.08 Å². The molecule has 0 atom stereocenters. The van der Waals surface area contributed by atoms with E-state index in [-0.39, 0.29) is 46.5 Å². The number of nitrogen functional groups attached to an aromatic ring is 1. The van der Waals surface area contributed by atoms with E-state index in [4.69, 9.17) is 28.9 Å². The van der Waals surface area contributed by atoms with E-state index in [0.29, 0.717) is 12.1 Å². The highest BCUT2D eigenvalue weighted by molar-refractivity contribution is 7.91. The van der Waals surface area contributed by atoms with E-state index >= 15 is 0 Å². The minimum absolute atomic E-state index is 0.0512. The molecule has 0 saturated carbocycles. The van der Waals surface area contributed by atoms with Gasteiger partial charge in [-0.1, -0.05) is 12.1 Å². The molecule has 428 valence electrons. The molecule has 7 aromatic rings. The second-order valence-corrected chi connectivity index (χ2v) is 25.1. The van der Waals surface area contributed by atoms with Crippen molar-refractivity contribution < 1.29 is 82.6 Å². The Hall–Kier alpha value is -8.36. The lowest BCUT2D eigenvalue weighted by molar-refractivity contribution is 0.106. The highest BCUT2D eigenvalue weighted by Crippen LogP contribution is 2.42. The number of Topliss-reactive ketones (excluding diaryl/α,β-unsaturated/α-hetero) is 1. The normalized spacial score (nSPS) is 13.8. The fourth-order valence-electron chi connectivity index (χ4n) is 7.01. The number of benzene rings is 5. The van der Waals surface area contributed by atoms with Crippen LogP contribution >= 0.6 is 23.2 Å². The molecule has 0 saturated heterocycles. The van der Waals surface area contributed by atoms with Crippen LogP contribution in [0.15, 0.2) is 136 Å². The molecule has 0 amide bonds. The Balaban J connectivity index is 1.11. The van der Waals surface area contributed by atoms with Gasteiger partial charge in [0.25, 0.3) is 60.7 Å². The first kappa shape index (κ1) is 59.8. The van der Waals surface area contributed by atoms with Crippen molar-refractivity contribution in [2.24, 2.45) is 15.3 Å². The smallest absolute Gasteiger partial charge is 0.296 e. The number of carbonyl (C=O) groups excluding carboxylic acids is 1. The van der Waals surface area contributed by atoms with Crippen LogP contribution in [0.1, 0.15) is 15.9 Å². The maximum atomic E-state index is 14.3. The molecule has 0 fully saturated rings. The third kappa shape index (κ3) is 14.0. The number of hydrogen-bond donors (Lipinski definition) is 12. The van der Waals surface area contributed by atoms with Gasteiger partial charge in [-0.15, -0.1) is 10.2 Å². The summed E-state index contributed by atoms with van der Waals surface area (Å²) >= 11 is 12.1. The number of anilines is 10. The monoisotopic (exact) mass is 1280 g/mol. The second-order valence-electron chi connectivity index (χ2n) is 16.0. The van der Waals surface area contributed by atoms with Crippen molar-refractivity contribution in [3.63, 3.8) is 0 Å². The van der Waals surface area contributed by atoms with E-state index in [1.165, 1.54) is 24.3 Å². The van der Waals surface area contributed by atoms with Crippen LogP contribution in [0.4, 0.5) is 69.3 Å². The summed E-state index contributed by atoms with van der Waals surface area (Å²) < 4.78 is 208. The first-order valence-electron chi connectivity index (χ1n) is 21.2. The number of carbonyl (C=O) groups is 1. The molecule has 13 N–H and O–H groups in total. The zero-order valence-corrected chi connectivity index (χ0v) is 45.9. The summed E-state index contributed by atoms with van der Waals surface area (Å²) in [5.74, 6) is -2.95. The highest BCUT2D eigenvalue weighted by Gasteiger charge is 2.37. The van der Waals surface area contributed by atoms with Gasteiger partial charge in [0, 0.05) is 22.7 Å². The lowest BCUT2D eigenvalue weighted by atomic mass is 9.92. The quantitative estimate of drug-likeness (QED) is 0.0219. The Labute approximate surface area is 470 Å². The summed E-state index contributed by atoms with van der Waals surface area (Å²) in [5.41, 5.74) is 1.55. The van der Waals surface area contributed by atoms with Crippen LogP contribution in [0.2, 0.25) is 10.6 Å². The van der Waals surface area contributed by atoms with Crippen LogP contribution < -0.4 is 32.4 Å². The third-order valence-corrected chi connectivity index (χ3v) is 15.9. The summed E-state index contributed by atoms with van der Waals surface area (Å²) in [4.78, 5) is 32.0. The molecule has 2 heterocycles. The van der Waals surface area contributed by atoms with Crippen molar-refractivity contribution in [2.75, 3.05) is 32.4 Å². The largest absolute Gasteiger partial charge is 0.396 e. The molecule has 8 rings (SSSR count). The zero-order chi connectivity index (χ0) is 60.1. The minimum Gasteiger partial charge on any atom is -0.396 e. The summed E-state index contributed by atoms with van der Waals surface area (Å²) in [6, 6.07) is 15.4. The predicted molar refractivity (Wildman–Crippen MR) is 288 cm³/mol. The summed E-state index contributed by atoms with van der Waals surface area (Å²) in [7, 11) is -30.9. The topological polar surface area (TPSA) is 544 Å². The van der Waals surface area contributed by atoms with E-state index in [2.05, 4.69) is 71.9 Å². The second kappa shape index (κ2) is 22.2. The van der Waals surface area contributed by atoms with Crippen LogP contribution in [-0.2, 0) is 60.7 Å². The predicted octanol–water partition coefficient (Wildman–Crippen LogP) is 5.46. The van der Waals surface area contributed by atoms with Gasteiger partial charge in [0.15, 0.2) is 5.71 Å². The number of hydrogen-bond acceptors (Lipinski definition) is 28. The van der Waals surface area contributed by atoms with Crippen molar-refractivity contribution in [1.29, 1.82) is 0 Å². The number of nitrogens with two attached hydrogens (primary N) is 1. The summed E-state index contributed by atoms with van der Waals surface area (Å²) in [6.45, 7) is 0. The van der Waals surface area contributed by atoms with E-state index in [0.717, 1.165) is 60.7 Å². The first-order chi connectivity index (χ1) is 38.0. The van der Waals surface area contributed by atoms with Crippen LogP contribution in [0.5, 0.6) is 0 Å². The van der Waals surface area contributed by atoms with E-state index in [1.54, 1.807) is 0 Å². The molecule has 42 heteroatoms. The number of ketones is 1. The van der Waals surface area contributed by atoms with Crippen LogP contribution in [0, 0.1) is 0 Å². The third-order valence-electron chi connectivity index (χ3n) is 10.4. The standard InChI is InChI=1S/C40H29Cl2N15O19S6/c41-35-48-37(44-18-3-1-5-22(13-18)77(59,60)61)52-39(50-35)46-20-7-9-24(26(15-20)79(65,66)67)54-56-32-28(81(71,72)73)11-17-12-29(82(74,75)76)33(34(58)30(17)31(32)43)57-55-25-10-8-21(16-27(25)80(68,69)70)47-40-51-36(42)49-38(53-40)45-19-4-2-6-23(14-19)78(62,63)64/h1-16,55H,43H2,(H,59,60,61)(H,62,63,64)(H,65,66,67)(H,68,69,70)(H,71,72,73)(H,74,75,76)(H2,44,46,48,50,52)(H2,45,47,49,51,53). The number of halogens is 2. The Morgan fingerprint density at radius 1 is 0.476 bits per heavy atom. The van der Waals surface area contributed by atoms with Gasteiger partial charge in [0.05, 0.1) is 26.7 Å². The Morgan fingerprint density at radius 2 is 0.915 bits per heavy atom. The van der Waals surface area contributed by atoms with Gasteiger partial charge in [0.1, 0.15) is 31.0 Å². The van der Waals surface area contributed by atoms with Gasteiger partial charge >= 0.3 is 0 Å². The van der Waals surface area contributed by atoms with Crippen LogP contribution in [0.3, 0.4) is 0 Å². The van der Waals surface area contributed by atoms with Crippen molar-refractivity contribution in [3.05, 3.63) is 118 Å². The number of nitrogens with one attached hydrogen (secondary N) is 5. The van der Waals surface area contributed by atoms with Gasteiger partial charge in [0.2, 0.25) is 40.1 Å². The molecule has 34 nitrogen and oxygen atoms in total. The average Bonchev–Trinajstić information content (AvgIpc) is 1.74. The molecule has 1 aliphatic carbocycles. The van der Waals surface area contributed by atoms with Crippen molar-refractivity contribution in [1.82, 2.24) is 29.9 Å². The van der Waals surface area contributed by atoms with E-state index in [1.807, 2.05) is 0 Å². The average molecular weight is 1290 g/mol. The lowest BCUT2D eigenvalue weighted by Gasteiger charge is -2.20. The maximum Gasteiger partial charge on any atom is 0.296 e. The Morgan fingerprint density at radius 3 is 1.35 bits per heavy atom. The molecule has 2 aromatic heterocycles. The van der Waals surface area contributed by atoms with Gasteiger partial charge in [-0.3, -0.25) is 37.5 Å². The molecule has 0 bridgehead atoms. The number of hydrazone groups is 1. The molecular formula is C40H29Cl2N15O19S6. The van der Waals surface area contributed by atoms with Gasteiger partial charge in [-0.05, 0) is 114 Å². The molecule has 0 radical (unpaired) electrons. The lowest BCUT2D eigenvalue weighted by Crippen LogP contribution is -2.28. The molecule has 0 unspecified atom stereocenters. The molecule has 82 heavy (non-hydrogen) atoms. The SMILES string of the molecule is Nc1c(N=Nc2ccc(Nc3nc(Cl)nc(Nc4cccc(S(=O)(=O)O)c4)n3)cc2S(=O)(=O)O)c(S(=O)(=O)O)cc2c1C(=O)C(=NNc1ccc(Nc3nc(Cl)nc(Nc4cccc(S(=O)(=O)O)c4)n3)cc1S(=O)(=O)O)C(S(=O)(=O)O)=C2. The van der Waals surface area contributed by atoms with Crippen molar-refractivity contribution in [3.8, 4) is 0 Å². The van der Waals surface area contributed by atoms with E-state index < -0.39 is 146 Å². The fraction of sp³-hybridized carbons (Fsp3) is 0. The van der Waals surface area contributed by atoms with E-state index in [9.17, 15) is 82.6 Å². The molecule has 1 aliphatic rings.